The van der Waals surface area contributed by atoms with Crippen molar-refractivity contribution in [3.63, 3.8) is 0 Å². The Morgan fingerprint density at radius 3 is 2.75 bits per heavy atom. The highest BCUT2D eigenvalue weighted by Gasteiger charge is 2.03. The molecule has 0 radical (unpaired) electrons. The highest BCUT2D eigenvalue weighted by atomic mass is 16.5. The summed E-state index contributed by atoms with van der Waals surface area (Å²) < 4.78 is 4.69. The summed E-state index contributed by atoms with van der Waals surface area (Å²) in [5.74, 6) is -0.0217. The molecule has 110 valence electrons. The van der Waals surface area contributed by atoms with E-state index in [1.807, 2.05) is 18.2 Å². The zero-order chi connectivity index (χ0) is 14.6. The van der Waals surface area contributed by atoms with Crippen LogP contribution < -0.4 is 10.6 Å². The second kappa shape index (κ2) is 9.77. The number of hydrogen-bond donors (Lipinski definition) is 2. The maximum atomic E-state index is 11.5. The molecule has 0 saturated heterocycles. The second-order valence-electron chi connectivity index (χ2n) is 4.17. The predicted molar refractivity (Wildman–Crippen MR) is 75.2 cm³/mol. The lowest BCUT2D eigenvalue weighted by Gasteiger charge is -2.07. The van der Waals surface area contributed by atoms with Gasteiger partial charge in [-0.25, -0.2) is 4.79 Å². The molecule has 1 aromatic rings. The predicted octanol–water partition coefficient (Wildman–Crippen LogP) is 1.27. The highest BCUT2D eigenvalue weighted by Crippen LogP contribution is 2.00. The quantitative estimate of drug-likeness (QED) is 0.702. The van der Waals surface area contributed by atoms with Gasteiger partial charge in [0.1, 0.15) is 0 Å². The number of aromatic nitrogens is 1. The van der Waals surface area contributed by atoms with E-state index in [1.165, 1.54) is 0 Å². The van der Waals surface area contributed by atoms with Crippen molar-refractivity contribution in [2.75, 3.05) is 19.7 Å². The van der Waals surface area contributed by atoms with E-state index in [1.54, 1.807) is 13.1 Å². The van der Waals surface area contributed by atoms with Gasteiger partial charge < -0.3 is 15.4 Å². The Morgan fingerprint density at radius 2 is 2.05 bits per heavy atom. The Morgan fingerprint density at radius 1 is 1.25 bits per heavy atom. The Labute approximate surface area is 118 Å². The van der Waals surface area contributed by atoms with Crippen LogP contribution in [0.15, 0.2) is 24.4 Å². The van der Waals surface area contributed by atoms with Gasteiger partial charge in [0.2, 0.25) is 5.91 Å². The minimum absolute atomic E-state index is 0.0217. The van der Waals surface area contributed by atoms with Gasteiger partial charge in [0.25, 0.3) is 0 Å². The summed E-state index contributed by atoms with van der Waals surface area (Å²) in [5, 5.41) is 5.27. The van der Waals surface area contributed by atoms with Gasteiger partial charge in [-0.2, -0.15) is 0 Å². The summed E-state index contributed by atoms with van der Waals surface area (Å²) in [6.45, 7) is 2.85. The van der Waals surface area contributed by atoms with Crippen LogP contribution in [-0.2, 0) is 16.0 Å². The van der Waals surface area contributed by atoms with Gasteiger partial charge >= 0.3 is 6.09 Å². The van der Waals surface area contributed by atoms with Gasteiger partial charge in [0.15, 0.2) is 0 Å². The summed E-state index contributed by atoms with van der Waals surface area (Å²) in [6.07, 6.45) is 3.28. The minimum Gasteiger partial charge on any atom is -0.450 e. The normalized spacial score (nSPS) is 9.85. The number of nitrogens with zero attached hydrogens (tertiary/aromatic N) is 1. The van der Waals surface area contributed by atoms with Gasteiger partial charge in [-0.1, -0.05) is 6.07 Å². The number of rotatable bonds is 8. The lowest BCUT2D eigenvalue weighted by atomic mass is 10.2. The average Bonchev–Trinajstić information content (AvgIpc) is 2.45. The van der Waals surface area contributed by atoms with Crippen LogP contribution in [-0.4, -0.2) is 36.7 Å². The van der Waals surface area contributed by atoms with Gasteiger partial charge in [-0.15, -0.1) is 0 Å². The Balaban J connectivity index is 2.02. The molecule has 2 N–H and O–H groups in total. The van der Waals surface area contributed by atoms with Crippen LogP contribution in [0.5, 0.6) is 0 Å². The maximum Gasteiger partial charge on any atom is 0.407 e. The van der Waals surface area contributed by atoms with Crippen LogP contribution in [0.25, 0.3) is 0 Å². The molecule has 2 amide bonds. The van der Waals surface area contributed by atoms with Crippen molar-refractivity contribution in [3.8, 4) is 0 Å². The number of nitrogens with one attached hydrogen (secondary N) is 2. The first-order valence-corrected chi connectivity index (χ1v) is 6.79. The number of amides is 2. The number of carbonyl (C=O) groups is 2. The fourth-order valence-electron chi connectivity index (χ4n) is 1.61. The fraction of sp³-hybridized carbons (Fsp3) is 0.500. The number of ether oxygens (including phenoxy) is 1. The largest absolute Gasteiger partial charge is 0.450 e. The molecule has 0 aromatic carbocycles. The van der Waals surface area contributed by atoms with Gasteiger partial charge in [0, 0.05) is 31.4 Å². The molecule has 0 spiro atoms. The molecule has 6 heteroatoms. The van der Waals surface area contributed by atoms with Crippen molar-refractivity contribution in [2.24, 2.45) is 0 Å². The molecule has 0 saturated carbocycles. The summed E-state index contributed by atoms with van der Waals surface area (Å²) >= 11 is 0. The van der Waals surface area contributed by atoms with E-state index in [-0.39, 0.29) is 5.91 Å². The third-order valence-corrected chi connectivity index (χ3v) is 2.55. The standard InChI is InChI=1S/C14H21N3O3/c1-2-20-14(19)17-11-10-16-13(18)8-5-7-12-6-3-4-9-15-12/h3-4,6,9H,2,5,7-8,10-11H2,1H3,(H,16,18)(H,17,19). The first-order chi connectivity index (χ1) is 9.72. The molecule has 6 nitrogen and oxygen atoms in total. The number of pyridine rings is 1. The lowest BCUT2D eigenvalue weighted by Crippen LogP contribution is -2.34. The number of alkyl carbamates (subject to hydrolysis) is 1. The first kappa shape index (κ1) is 15.9. The van der Waals surface area contributed by atoms with Crippen molar-refractivity contribution in [1.82, 2.24) is 15.6 Å². The number of carbonyl (C=O) groups excluding carboxylic acids is 2. The van der Waals surface area contributed by atoms with Crippen LogP contribution in [0.4, 0.5) is 4.79 Å². The van der Waals surface area contributed by atoms with E-state index in [2.05, 4.69) is 15.6 Å². The zero-order valence-corrected chi connectivity index (χ0v) is 11.7. The molecule has 1 rings (SSSR count). The average molecular weight is 279 g/mol. The van der Waals surface area contributed by atoms with E-state index < -0.39 is 6.09 Å². The van der Waals surface area contributed by atoms with Gasteiger partial charge in [0.05, 0.1) is 6.61 Å². The highest BCUT2D eigenvalue weighted by molar-refractivity contribution is 5.75. The fourth-order valence-corrected chi connectivity index (χ4v) is 1.61. The Hall–Kier alpha value is -2.11. The number of hydrogen-bond acceptors (Lipinski definition) is 4. The second-order valence-corrected chi connectivity index (χ2v) is 4.17. The molecule has 0 unspecified atom stereocenters. The van der Waals surface area contributed by atoms with Crippen molar-refractivity contribution in [2.45, 2.75) is 26.2 Å². The molecule has 0 aliphatic heterocycles. The van der Waals surface area contributed by atoms with E-state index in [0.717, 1.165) is 18.5 Å². The molecular weight excluding hydrogens is 258 g/mol. The monoisotopic (exact) mass is 279 g/mol. The molecule has 0 atom stereocenters. The summed E-state index contributed by atoms with van der Waals surface area (Å²) in [7, 11) is 0. The van der Waals surface area contributed by atoms with E-state index in [0.29, 0.717) is 26.1 Å². The molecule has 1 aromatic heterocycles. The summed E-state index contributed by atoms with van der Waals surface area (Å²) in [4.78, 5) is 26.7. The van der Waals surface area contributed by atoms with Crippen molar-refractivity contribution in [1.29, 1.82) is 0 Å². The van der Waals surface area contributed by atoms with E-state index in [4.69, 9.17) is 4.74 Å². The van der Waals surface area contributed by atoms with Crippen LogP contribution in [0.3, 0.4) is 0 Å². The third-order valence-electron chi connectivity index (χ3n) is 2.55. The van der Waals surface area contributed by atoms with Crippen LogP contribution >= 0.6 is 0 Å². The molecule has 20 heavy (non-hydrogen) atoms. The molecular formula is C14H21N3O3. The van der Waals surface area contributed by atoms with Gasteiger partial charge in [-0.3, -0.25) is 9.78 Å². The topological polar surface area (TPSA) is 80.3 Å². The third kappa shape index (κ3) is 7.35. The van der Waals surface area contributed by atoms with E-state index >= 15 is 0 Å². The lowest BCUT2D eigenvalue weighted by molar-refractivity contribution is -0.121. The number of aryl methyl sites for hydroxylation is 1. The summed E-state index contributed by atoms with van der Waals surface area (Å²) in [5.41, 5.74) is 0.990. The smallest absolute Gasteiger partial charge is 0.407 e. The molecule has 0 fully saturated rings. The minimum atomic E-state index is -0.461. The van der Waals surface area contributed by atoms with E-state index in [9.17, 15) is 9.59 Å². The zero-order valence-electron chi connectivity index (χ0n) is 11.7. The Bertz CT molecular complexity index is 409. The van der Waals surface area contributed by atoms with Gasteiger partial charge in [-0.05, 0) is 31.9 Å². The van der Waals surface area contributed by atoms with Crippen LogP contribution in [0.1, 0.15) is 25.5 Å². The molecule has 0 aliphatic carbocycles. The Kier molecular flexibility index (Phi) is 7.79. The first-order valence-electron chi connectivity index (χ1n) is 6.79. The molecule has 0 bridgehead atoms. The maximum absolute atomic E-state index is 11.5. The summed E-state index contributed by atoms with van der Waals surface area (Å²) in [6, 6.07) is 5.75. The molecule has 0 aliphatic rings. The van der Waals surface area contributed by atoms with Crippen LogP contribution in [0, 0.1) is 0 Å². The van der Waals surface area contributed by atoms with Crippen molar-refractivity contribution < 1.29 is 14.3 Å². The van der Waals surface area contributed by atoms with Crippen LogP contribution in [0.2, 0.25) is 0 Å². The molecule has 1 heterocycles. The van der Waals surface area contributed by atoms with Crippen molar-refractivity contribution >= 4 is 12.0 Å². The van der Waals surface area contributed by atoms with Crippen molar-refractivity contribution in [3.05, 3.63) is 30.1 Å². The SMILES string of the molecule is CCOC(=O)NCCNC(=O)CCCc1ccccn1.